The third-order valence-electron chi connectivity index (χ3n) is 1.65. The minimum absolute atomic E-state index is 0.0910. The van der Waals surface area contributed by atoms with Crippen LogP contribution in [0.3, 0.4) is 0 Å². The monoisotopic (exact) mass is 205 g/mol. The molecule has 0 aliphatic rings. The van der Waals surface area contributed by atoms with E-state index in [1.165, 1.54) is 0 Å². The molecule has 1 aromatic carbocycles. The summed E-state index contributed by atoms with van der Waals surface area (Å²) in [4.78, 5) is 0. The Morgan fingerprint density at radius 1 is 1.50 bits per heavy atom. The lowest BCUT2D eigenvalue weighted by Gasteiger charge is -2.03. The summed E-state index contributed by atoms with van der Waals surface area (Å²) in [5.41, 5.74) is 1.04. The van der Waals surface area contributed by atoms with Crippen LogP contribution in [0, 0.1) is 11.3 Å². The van der Waals surface area contributed by atoms with E-state index in [4.69, 9.17) is 0 Å². The molecule has 0 aliphatic carbocycles. The number of nitrogens with zero attached hydrogens (tertiary/aromatic N) is 1. The summed E-state index contributed by atoms with van der Waals surface area (Å²) in [6, 6.07) is 12.2. The molecular formula is C11H11NOS. The molecule has 0 bridgehead atoms. The van der Waals surface area contributed by atoms with Gasteiger partial charge in [0, 0.05) is 10.8 Å². The van der Waals surface area contributed by atoms with Crippen LogP contribution in [0.2, 0.25) is 0 Å². The maximum atomic E-state index is 10.2. The average Bonchev–Trinajstić information content (AvgIpc) is 2.25. The van der Waals surface area contributed by atoms with Gasteiger partial charge in [0.1, 0.15) is 0 Å². The van der Waals surface area contributed by atoms with Crippen molar-refractivity contribution in [1.29, 1.82) is 0 Å². The first kappa shape index (κ1) is 10.7. The molecule has 0 spiro atoms. The van der Waals surface area contributed by atoms with E-state index in [0.29, 0.717) is 0 Å². The molecule has 0 aromatic heterocycles. The zero-order valence-corrected chi connectivity index (χ0v) is 8.54. The Bertz CT molecular complexity index is 339. The lowest BCUT2D eigenvalue weighted by Crippen LogP contribution is -1.90. The largest absolute Gasteiger partial charge is 0.498 e. The van der Waals surface area contributed by atoms with Crippen LogP contribution in [0.4, 0.5) is 0 Å². The molecular weight excluding hydrogens is 194 g/mol. The molecule has 1 aromatic rings. The van der Waals surface area contributed by atoms with Crippen molar-refractivity contribution in [3.63, 3.8) is 0 Å². The molecule has 72 valence electrons. The highest BCUT2D eigenvalue weighted by molar-refractivity contribution is 7.99. The van der Waals surface area contributed by atoms with Gasteiger partial charge in [0.2, 0.25) is 0 Å². The summed E-state index contributed by atoms with van der Waals surface area (Å²) in [7, 11) is 0. The Kier molecular flexibility index (Phi) is 4.66. The van der Waals surface area contributed by atoms with E-state index in [0.717, 1.165) is 11.3 Å². The number of hydrogen-bond acceptors (Lipinski definition) is 2. The molecule has 0 amide bonds. The van der Waals surface area contributed by atoms with Crippen molar-refractivity contribution >= 4 is 11.8 Å². The van der Waals surface area contributed by atoms with Gasteiger partial charge in [0.05, 0.1) is 0 Å². The van der Waals surface area contributed by atoms with E-state index < -0.39 is 0 Å². The zero-order valence-electron chi connectivity index (χ0n) is 7.72. The average molecular weight is 205 g/mol. The fraction of sp³-hybridized carbons (Fsp3) is 0.182. The van der Waals surface area contributed by atoms with Gasteiger partial charge in [-0.05, 0) is 5.56 Å². The van der Waals surface area contributed by atoms with Crippen LogP contribution < -0.4 is 0 Å². The van der Waals surface area contributed by atoms with Gasteiger partial charge < -0.3 is 5.21 Å². The Morgan fingerprint density at radius 3 is 2.79 bits per heavy atom. The number of hydrogen-bond donors (Lipinski definition) is 0. The first-order chi connectivity index (χ1) is 6.88. The lowest BCUT2D eigenvalue weighted by atomic mass is 10.2. The van der Waals surface area contributed by atoms with Gasteiger partial charge in [-0.15, -0.1) is 18.3 Å². The molecule has 0 heterocycles. The minimum Gasteiger partial charge on any atom is -0.498 e. The molecule has 2 nitrogen and oxygen atoms in total. The highest BCUT2D eigenvalue weighted by atomic mass is 32.2. The van der Waals surface area contributed by atoms with Crippen molar-refractivity contribution < 1.29 is 0 Å². The van der Waals surface area contributed by atoms with Crippen LogP contribution in [-0.2, 0) is 0 Å². The fourth-order valence-electron chi connectivity index (χ4n) is 1.05. The maximum absolute atomic E-state index is 10.2. The van der Waals surface area contributed by atoms with Gasteiger partial charge >= 0.3 is 6.07 Å². The molecule has 0 saturated heterocycles. The molecule has 1 atom stereocenters. The standard InChI is InChI=1S/C11H11NOS/c1-2-8-14-11(9-12-13)10-6-4-3-5-7-10/h2-7,11H,1,8H2. The van der Waals surface area contributed by atoms with E-state index in [1.807, 2.05) is 30.3 Å². The summed E-state index contributed by atoms with van der Waals surface area (Å²) in [5.74, 6) is 0.780. The van der Waals surface area contributed by atoms with Crippen LogP contribution in [0.15, 0.2) is 43.0 Å². The second kappa shape index (κ2) is 6.11. The summed E-state index contributed by atoms with van der Waals surface area (Å²) in [5, 5.41) is 12.8. The number of thioether (sulfide) groups is 1. The second-order valence-corrected chi connectivity index (χ2v) is 3.77. The Morgan fingerprint density at radius 2 is 2.21 bits per heavy atom. The van der Waals surface area contributed by atoms with Crippen LogP contribution in [0.25, 0.3) is 5.01 Å². The smallest absolute Gasteiger partial charge is 0.317 e. The Balaban J connectivity index is 2.76. The Hall–Kier alpha value is -1.40. The molecule has 3 heteroatoms. The fourth-order valence-corrected chi connectivity index (χ4v) is 1.84. The molecule has 1 unspecified atom stereocenters. The van der Waals surface area contributed by atoms with Crippen molar-refractivity contribution in [3.8, 4) is 6.07 Å². The lowest BCUT2D eigenvalue weighted by molar-refractivity contribution is 1.27. The summed E-state index contributed by atoms with van der Waals surface area (Å²) < 4.78 is 0. The molecule has 0 aliphatic heterocycles. The van der Waals surface area contributed by atoms with Crippen molar-refractivity contribution in [2.45, 2.75) is 5.25 Å². The van der Waals surface area contributed by atoms with Crippen LogP contribution in [-0.4, -0.2) is 5.75 Å². The topological polar surface area (TPSA) is 27.4 Å². The van der Waals surface area contributed by atoms with Crippen molar-refractivity contribution in [2.24, 2.45) is 0 Å². The molecule has 0 N–H and O–H groups in total. The van der Waals surface area contributed by atoms with E-state index in [9.17, 15) is 5.21 Å². The van der Waals surface area contributed by atoms with Gasteiger partial charge in [-0.2, -0.15) is 0 Å². The van der Waals surface area contributed by atoms with Gasteiger partial charge in [-0.1, -0.05) is 36.4 Å². The van der Waals surface area contributed by atoms with Crippen LogP contribution in [0.5, 0.6) is 0 Å². The summed E-state index contributed by atoms with van der Waals surface area (Å²) in [6.45, 7) is 3.63. The maximum Gasteiger partial charge on any atom is 0.317 e. The van der Waals surface area contributed by atoms with Gasteiger partial charge in [-0.25, -0.2) is 0 Å². The molecule has 0 saturated carbocycles. The highest BCUT2D eigenvalue weighted by Gasteiger charge is 2.13. The Labute approximate surface area is 88.0 Å². The molecule has 0 radical (unpaired) electrons. The van der Waals surface area contributed by atoms with Gasteiger partial charge in [0.15, 0.2) is 5.25 Å². The van der Waals surface area contributed by atoms with Crippen molar-refractivity contribution in [1.82, 2.24) is 0 Å². The predicted molar refractivity (Wildman–Crippen MR) is 62.5 cm³/mol. The van der Waals surface area contributed by atoms with Crippen molar-refractivity contribution in [2.75, 3.05) is 5.75 Å². The minimum atomic E-state index is -0.0910. The third-order valence-corrected chi connectivity index (χ3v) is 2.79. The molecule has 0 fully saturated rings. The first-order valence-electron chi connectivity index (χ1n) is 4.24. The van der Waals surface area contributed by atoms with E-state index in [2.05, 4.69) is 17.7 Å². The normalized spacial score (nSPS) is 11.1. The number of benzene rings is 1. The molecule has 1 rings (SSSR count). The van der Waals surface area contributed by atoms with Crippen LogP contribution in [0.1, 0.15) is 10.8 Å². The van der Waals surface area contributed by atoms with Crippen LogP contribution >= 0.6 is 11.8 Å². The van der Waals surface area contributed by atoms with Gasteiger partial charge in [0.25, 0.3) is 0 Å². The summed E-state index contributed by atoms with van der Waals surface area (Å²) >= 11 is 1.58. The van der Waals surface area contributed by atoms with E-state index in [-0.39, 0.29) is 5.25 Å². The molecule has 14 heavy (non-hydrogen) atoms. The van der Waals surface area contributed by atoms with E-state index in [1.54, 1.807) is 17.8 Å². The zero-order chi connectivity index (χ0) is 10.2. The third kappa shape index (κ3) is 3.15. The van der Waals surface area contributed by atoms with Gasteiger partial charge in [-0.3, -0.25) is 0 Å². The SMILES string of the molecule is C=CCSC(C#[N+][O-])c1ccccc1. The quantitative estimate of drug-likeness (QED) is 0.556. The predicted octanol–water partition coefficient (Wildman–Crippen LogP) is 3.48. The first-order valence-corrected chi connectivity index (χ1v) is 5.28. The van der Waals surface area contributed by atoms with Crippen molar-refractivity contribution in [3.05, 3.63) is 58.8 Å². The number of rotatable bonds is 4. The summed E-state index contributed by atoms with van der Waals surface area (Å²) in [6.07, 6.45) is 1.80. The second-order valence-electron chi connectivity index (χ2n) is 2.63. The highest BCUT2D eigenvalue weighted by Crippen LogP contribution is 2.27. The van der Waals surface area contributed by atoms with E-state index >= 15 is 0 Å².